The van der Waals surface area contributed by atoms with E-state index < -0.39 is 41.8 Å². The number of esters is 1. The number of halogens is 2. The molecule has 60 heavy (non-hydrogen) atoms. The van der Waals surface area contributed by atoms with Crippen LogP contribution in [0.4, 0.5) is 4.79 Å². The molecule has 2 amide bonds. The van der Waals surface area contributed by atoms with E-state index in [0.29, 0.717) is 39.5 Å². The summed E-state index contributed by atoms with van der Waals surface area (Å²) >= 11 is 12.2. The Labute approximate surface area is 358 Å². The Balaban J connectivity index is 1.05. The van der Waals surface area contributed by atoms with Gasteiger partial charge in [-0.1, -0.05) is 77.8 Å². The Morgan fingerprint density at radius 2 is 1.53 bits per heavy atom. The first kappa shape index (κ1) is 41.9. The van der Waals surface area contributed by atoms with Gasteiger partial charge in [0.2, 0.25) is 5.91 Å². The van der Waals surface area contributed by atoms with Crippen LogP contribution in [0.1, 0.15) is 60.3 Å². The molecule has 2 aliphatic heterocycles. The molecule has 2 aliphatic rings. The molecule has 11 nitrogen and oxygen atoms in total. The SMILES string of the molecule is COC(=O)[C@H](Cc1ccc(-c2ccc(C#N)cc2)cc1)NC(=O)[C@@H]1Cc2cc3c(cc2CN1C(=O)OC(C)(C)C)OC(c1ccc(OCc2ccc(Cl)c(Cl)c2)cc1)CO3. The van der Waals surface area contributed by atoms with E-state index in [0.717, 1.165) is 38.9 Å². The van der Waals surface area contributed by atoms with Gasteiger partial charge in [-0.2, -0.15) is 5.26 Å². The summed E-state index contributed by atoms with van der Waals surface area (Å²) in [6, 6.07) is 31.5. The second-order valence-electron chi connectivity index (χ2n) is 15.6. The van der Waals surface area contributed by atoms with Crippen LogP contribution in [0, 0.1) is 11.3 Å². The molecule has 0 radical (unpaired) electrons. The highest BCUT2D eigenvalue weighted by Crippen LogP contribution is 2.41. The van der Waals surface area contributed by atoms with Crippen molar-refractivity contribution in [3.8, 4) is 34.4 Å². The second-order valence-corrected chi connectivity index (χ2v) is 16.4. The first-order valence-corrected chi connectivity index (χ1v) is 20.1. The number of nitrogens with one attached hydrogen (secondary N) is 1. The number of fused-ring (bicyclic) bond motifs is 2. The maximum absolute atomic E-state index is 14.2. The first-order valence-electron chi connectivity index (χ1n) is 19.4. The topological polar surface area (TPSA) is 136 Å². The van der Waals surface area contributed by atoms with Gasteiger partial charge in [-0.3, -0.25) is 9.69 Å². The number of rotatable bonds is 10. The maximum Gasteiger partial charge on any atom is 0.411 e. The molecule has 2 heterocycles. The molecule has 0 saturated carbocycles. The van der Waals surface area contributed by atoms with E-state index in [4.69, 9.17) is 52.1 Å². The lowest BCUT2D eigenvalue weighted by atomic mass is 9.92. The predicted octanol–water partition coefficient (Wildman–Crippen LogP) is 9.19. The van der Waals surface area contributed by atoms with Crippen LogP contribution < -0.4 is 19.5 Å². The molecular weight excluding hydrogens is 805 g/mol. The average Bonchev–Trinajstić information content (AvgIpc) is 3.24. The van der Waals surface area contributed by atoms with Crippen molar-refractivity contribution in [2.75, 3.05) is 13.7 Å². The van der Waals surface area contributed by atoms with Gasteiger partial charge in [0.05, 0.1) is 35.3 Å². The number of hydrogen-bond acceptors (Lipinski definition) is 9. The molecular formula is C47H43Cl2N3O8. The van der Waals surface area contributed by atoms with Gasteiger partial charge in [0.15, 0.2) is 17.6 Å². The molecule has 0 saturated heterocycles. The number of ether oxygens (including phenoxy) is 5. The van der Waals surface area contributed by atoms with Crippen molar-refractivity contribution in [2.24, 2.45) is 0 Å². The van der Waals surface area contributed by atoms with E-state index in [-0.39, 0.29) is 26.0 Å². The lowest BCUT2D eigenvalue weighted by Crippen LogP contribution is -2.56. The van der Waals surface area contributed by atoms with Crippen LogP contribution in [-0.2, 0) is 45.1 Å². The highest BCUT2D eigenvalue weighted by Gasteiger charge is 2.40. The van der Waals surface area contributed by atoms with E-state index in [1.807, 2.05) is 78.9 Å². The van der Waals surface area contributed by atoms with Gasteiger partial charge in [0.25, 0.3) is 0 Å². The van der Waals surface area contributed by atoms with E-state index in [1.165, 1.54) is 12.0 Å². The minimum atomic E-state index is -1.04. The molecule has 0 bridgehead atoms. The highest BCUT2D eigenvalue weighted by atomic mass is 35.5. The largest absolute Gasteiger partial charge is 0.489 e. The summed E-state index contributed by atoms with van der Waals surface area (Å²) in [5.74, 6) is 0.542. The van der Waals surface area contributed by atoms with Gasteiger partial charge in [-0.25, -0.2) is 9.59 Å². The van der Waals surface area contributed by atoms with Crippen LogP contribution in [0.15, 0.2) is 103 Å². The van der Waals surface area contributed by atoms with E-state index >= 15 is 0 Å². The van der Waals surface area contributed by atoms with Crippen molar-refractivity contribution in [3.63, 3.8) is 0 Å². The van der Waals surface area contributed by atoms with Crippen molar-refractivity contribution >= 4 is 41.2 Å². The molecule has 0 fully saturated rings. The molecule has 0 aliphatic carbocycles. The molecule has 7 rings (SSSR count). The van der Waals surface area contributed by atoms with Gasteiger partial charge in [0, 0.05) is 12.8 Å². The molecule has 1 unspecified atom stereocenters. The quantitative estimate of drug-likeness (QED) is 0.137. The number of carbonyl (C=O) groups is 3. The Kier molecular flexibility index (Phi) is 12.5. The molecule has 0 aromatic heterocycles. The third-order valence-electron chi connectivity index (χ3n) is 10.2. The van der Waals surface area contributed by atoms with Crippen LogP contribution in [0.3, 0.4) is 0 Å². The fourth-order valence-electron chi connectivity index (χ4n) is 7.05. The zero-order valence-corrected chi connectivity index (χ0v) is 35.0. The van der Waals surface area contributed by atoms with Crippen molar-refractivity contribution in [1.29, 1.82) is 5.26 Å². The first-order chi connectivity index (χ1) is 28.8. The normalized spacial score (nSPS) is 16.1. The molecule has 1 N–H and O–H groups in total. The predicted molar refractivity (Wildman–Crippen MR) is 226 cm³/mol. The zero-order chi connectivity index (χ0) is 42.6. The van der Waals surface area contributed by atoms with Crippen molar-refractivity contribution in [1.82, 2.24) is 10.2 Å². The summed E-state index contributed by atoms with van der Waals surface area (Å²) in [6.45, 7) is 5.89. The fourth-order valence-corrected chi connectivity index (χ4v) is 7.37. The van der Waals surface area contributed by atoms with Gasteiger partial charge in [-0.15, -0.1) is 0 Å². The van der Waals surface area contributed by atoms with E-state index in [9.17, 15) is 14.4 Å². The summed E-state index contributed by atoms with van der Waals surface area (Å²) in [5.41, 5.74) is 5.73. The molecule has 308 valence electrons. The molecule has 13 heteroatoms. The lowest BCUT2D eigenvalue weighted by Gasteiger charge is -2.38. The van der Waals surface area contributed by atoms with Gasteiger partial charge < -0.3 is 29.0 Å². The van der Waals surface area contributed by atoms with Gasteiger partial charge in [-0.05, 0) is 108 Å². The number of benzene rings is 5. The molecule has 3 atom stereocenters. The van der Waals surface area contributed by atoms with Crippen molar-refractivity contribution in [3.05, 3.63) is 147 Å². The summed E-state index contributed by atoms with van der Waals surface area (Å²) in [5, 5.41) is 12.9. The van der Waals surface area contributed by atoms with Crippen molar-refractivity contribution in [2.45, 2.75) is 70.6 Å². The fraction of sp³-hybridized carbons (Fsp3) is 0.277. The summed E-state index contributed by atoms with van der Waals surface area (Å²) in [6.07, 6.45) is -0.797. The molecule has 5 aromatic carbocycles. The minimum Gasteiger partial charge on any atom is -0.489 e. The molecule has 5 aromatic rings. The van der Waals surface area contributed by atoms with Crippen LogP contribution in [0.2, 0.25) is 10.0 Å². The average molecular weight is 849 g/mol. The highest BCUT2D eigenvalue weighted by molar-refractivity contribution is 6.42. The lowest BCUT2D eigenvalue weighted by molar-refractivity contribution is -0.145. The number of nitriles is 1. The number of hydrogen-bond donors (Lipinski definition) is 1. The smallest absolute Gasteiger partial charge is 0.411 e. The van der Waals surface area contributed by atoms with E-state index in [1.54, 1.807) is 45.0 Å². The van der Waals surface area contributed by atoms with Crippen LogP contribution in [0.5, 0.6) is 17.2 Å². The van der Waals surface area contributed by atoms with Crippen molar-refractivity contribution < 1.29 is 38.1 Å². The summed E-state index contributed by atoms with van der Waals surface area (Å²) in [4.78, 5) is 42.4. The number of nitrogens with zero attached hydrogens (tertiary/aromatic N) is 2. The maximum atomic E-state index is 14.2. The number of carbonyl (C=O) groups excluding carboxylic acids is 3. The van der Waals surface area contributed by atoms with Crippen LogP contribution in [-0.4, -0.2) is 54.3 Å². The monoisotopic (exact) mass is 847 g/mol. The summed E-state index contributed by atoms with van der Waals surface area (Å²) < 4.78 is 29.5. The minimum absolute atomic E-state index is 0.0498. The Morgan fingerprint density at radius 3 is 2.18 bits per heavy atom. The van der Waals surface area contributed by atoms with Gasteiger partial charge in [0.1, 0.15) is 36.6 Å². The van der Waals surface area contributed by atoms with Gasteiger partial charge >= 0.3 is 12.1 Å². The standard InChI is InChI=1S/C47H43Cl2N3O8/c1-47(2,3)60-46(55)52-25-35-23-42-41(58-27-43(59-42)33-14-16-36(17-15-33)57-26-30-9-18-37(48)38(49)19-30)22-34(35)21-40(52)44(53)51-39(45(54)56-4)20-28-5-10-31(11-6-28)32-12-7-29(24-50)8-13-32/h5-19,22-23,39-40,43H,20-21,25-27H2,1-4H3,(H,51,53)/t39-,40-,43?/m0/s1. The zero-order valence-electron chi connectivity index (χ0n) is 33.5. The van der Waals surface area contributed by atoms with Crippen LogP contribution >= 0.6 is 23.2 Å². The number of methoxy groups -OCH3 is 1. The third kappa shape index (κ3) is 9.96. The Morgan fingerprint density at radius 1 is 0.867 bits per heavy atom. The van der Waals surface area contributed by atoms with Crippen LogP contribution in [0.25, 0.3) is 11.1 Å². The second kappa shape index (κ2) is 18.0. The number of amides is 2. The summed E-state index contributed by atoms with van der Waals surface area (Å²) in [7, 11) is 1.26. The molecule has 0 spiro atoms. The third-order valence-corrected chi connectivity index (χ3v) is 10.9. The Hall–Kier alpha value is -6.22. The van der Waals surface area contributed by atoms with E-state index in [2.05, 4.69) is 11.4 Å². The Bertz CT molecular complexity index is 2430.